The van der Waals surface area contributed by atoms with Crippen LogP contribution < -0.4 is 0 Å². The number of phosphoric acid groups is 2. The van der Waals surface area contributed by atoms with Crippen LogP contribution in [-0.2, 0) is 65.4 Å². The normalized spacial score (nSPS) is 14.0. The molecule has 0 spiro atoms. The maximum absolute atomic E-state index is 13.1. The van der Waals surface area contributed by atoms with E-state index in [1.54, 1.807) is 0 Å². The summed E-state index contributed by atoms with van der Waals surface area (Å²) in [6.07, 6.45) is 56.0. The van der Waals surface area contributed by atoms with Crippen molar-refractivity contribution in [2.24, 2.45) is 5.92 Å². The fourth-order valence-electron chi connectivity index (χ4n) is 11.4. The van der Waals surface area contributed by atoms with E-state index in [0.717, 1.165) is 102 Å². The summed E-state index contributed by atoms with van der Waals surface area (Å²) >= 11 is 0. The van der Waals surface area contributed by atoms with Crippen molar-refractivity contribution in [2.75, 3.05) is 39.6 Å². The summed E-state index contributed by atoms with van der Waals surface area (Å²) in [4.78, 5) is 72.4. The van der Waals surface area contributed by atoms with E-state index in [1.807, 2.05) is 0 Å². The van der Waals surface area contributed by atoms with Crippen LogP contribution in [0, 0.1) is 5.92 Å². The zero-order valence-corrected chi connectivity index (χ0v) is 62.2. The van der Waals surface area contributed by atoms with Crippen LogP contribution >= 0.6 is 15.6 Å². The van der Waals surface area contributed by atoms with E-state index in [2.05, 4.69) is 34.6 Å². The Morgan fingerprint density at radius 2 is 0.495 bits per heavy atom. The van der Waals surface area contributed by atoms with Gasteiger partial charge in [-0.15, -0.1) is 0 Å². The molecule has 0 saturated carbocycles. The number of hydrogen-bond donors (Lipinski definition) is 3. The maximum Gasteiger partial charge on any atom is 0.472 e. The zero-order valence-electron chi connectivity index (χ0n) is 60.4. The van der Waals surface area contributed by atoms with Crippen LogP contribution in [0.4, 0.5) is 0 Å². The molecule has 0 aliphatic rings. The van der Waals surface area contributed by atoms with Gasteiger partial charge in [-0.25, -0.2) is 9.13 Å². The average Bonchev–Trinajstić information content (AvgIpc) is 3.63. The molecule has 0 aliphatic carbocycles. The summed E-state index contributed by atoms with van der Waals surface area (Å²) in [5.41, 5.74) is 0. The van der Waals surface area contributed by atoms with Crippen LogP contribution in [0.3, 0.4) is 0 Å². The molecule has 93 heavy (non-hydrogen) atoms. The van der Waals surface area contributed by atoms with Crippen LogP contribution in [0.1, 0.15) is 388 Å². The van der Waals surface area contributed by atoms with Crippen molar-refractivity contribution in [1.82, 2.24) is 0 Å². The van der Waals surface area contributed by atoms with Gasteiger partial charge in [-0.2, -0.15) is 0 Å². The van der Waals surface area contributed by atoms with E-state index >= 15 is 0 Å². The Labute approximate surface area is 568 Å². The average molecular weight is 1370 g/mol. The molecule has 19 heteroatoms. The van der Waals surface area contributed by atoms with Gasteiger partial charge in [0.05, 0.1) is 26.4 Å². The lowest BCUT2D eigenvalue weighted by molar-refractivity contribution is -0.161. The molecule has 552 valence electrons. The molecule has 5 atom stereocenters. The molecular formula is C74H144O17P2. The third-order valence-electron chi connectivity index (χ3n) is 17.3. The van der Waals surface area contributed by atoms with Crippen molar-refractivity contribution < 1.29 is 80.2 Å². The number of unbranched alkanes of at least 4 members (excludes halogenated alkanes) is 46. The molecule has 2 unspecified atom stereocenters. The Balaban J connectivity index is 5.12. The van der Waals surface area contributed by atoms with Crippen LogP contribution in [0.25, 0.3) is 0 Å². The number of phosphoric ester groups is 2. The molecule has 17 nitrogen and oxygen atoms in total. The van der Waals surface area contributed by atoms with Crippen molar-refractivity contribution >= 4 is 39.5 Å². The van der Waals surface area contributed by atoms with Crippen molar-refractivity contribution in [2.45, 2.75) is 406 Å². The number of carbonyl (C=O) groups is 4. The fraction of sp³-hybridized carbons (Fsp3) is 0.946. The van der Waals surface area contributed by atoms with Gasteiger partial charge in [-0.05, 0) is 31.6 Å². The highest BCUT2D eigenvalue weighted by Crippen LogP contribution is 2.45. The number of hydrogen-bond acceptors (Lipinski definition) is 15. The Bertz CT molecular complexity index is 1790. The van der Waals surface area contributed by atoms with E-state index in [0.29, 0.717) is 25.7 Å². The van der Waals surface area contributed by atoms with Gasteiger partial charge in [0.2, 0.25) is 0 Å². The third kappa shape index (κ3) is 68.4. The first-order chi connectivity index (χ1) is 45.0. The summed E-state index contributed by atoms with van der Waals surface area (Å²) < 4.78 is 68.2. The summed E-state index contributed by atoms with van der Waals surface area (Å²) in [5, 5.41) is 10.6. The van der Waals surface area contributed by atoms with Crippen LogP contribution in [0.5, 0.6) is 0 Å². The number of carbonyl (C=O) groups excluding carboxylic acids is 4. The second kappa shape index (κ2) is 67.3. The van der Waals surface area contributed by atoms with Gasteiger partial charge < -0.3 is 33.8 Å². The predicted molar refractivity (Wildman–Crippen MR) is 377 cm³/mol. The molecule has 0 heterocycles. The Morgan fingerprint density at radius 3 is 0.731 bits per heavy atom. The molecule has 0 rings (SSSR count). The molecule has 0 aromatic rings. The van der Waals surface area contributed by atoms with E-state index in [9.17, 15) is 43.2 Å². The second-order valence-corrected chi connectivity index (χ2v) is 30.1. The summed E-state index contributed by atoms with van der Waals surface area (Å²) in [7, 11) is -9.89. The summed E-state index contributed by atoms with van der Waals surface area (Å²) in [5.74, 6) is -1.35. The van der Waals surface area contributed by atoms with E-state index in [-0.39, 0.29) is 25.7 Å². The van der Waals surface area contributed by atoms with Crippen LogP contribution in [0.2, 0.25) is 0 Å². The summed E-state index contributed by atoms with van der Waals surface area (Å²) in [6, 6.07) is 0. The van der Waals surface area contributed by atoms with E-state index < -0.39 is 97.5 Å². The van der Waals surface area contributed by atoms with Gasteiger partial charge in [-0.1, -0.05) is 336 Å². The molecule has 0 aromatic carbocycles. The predicted octanol–water partition coefficient (Wildman–Crippen LogP) is 21.7. The van der Waals surface area contributed by atoms with Gasteiger partial charge >= 0.3 is 39.5 Å². The number of rotatable bonds is 74. The second-order valence-electron chi connectivity index (χ2n) is 27.2. The first kappa shape index (κ1) is 91.1. The minimum Gasteiger partial charge on any atom is -0.462 e. The van der Waals surface area contributed by atoms with Crippen molar-refractivity contribution in [3.05, 3.63) is 0 Å². The fourth-order valence-corrected chi connectivity index (χ4v) is 12.9. The van der Waals surface area contributed by atoms with Crippen LogP contribution in [-0.4, -0.2) is 96.7 Å². The Morgan fingerprint density at radius 1 is 0.290 bits per heavy atom. The quantitative estimate of drug-likeness (QED) is 0.0222. The van der Waals surface area contributed by atoms with Crippen molar-refractivity contribution in [1.29, 1.82) is 0 Å². The molecule has 0 aliphatic heterocycles. The lowest BCUT2D eigenvalue weighted by Crippen LogP contribution is -2.30. The van der Waals surface area contributed by atoms with Gasteiger partial charge in [0.15, 0.2) is 12.2 Å². The lowest BCUT2D eigenvalue weighted by Gasteiger charge is -2.21. The highest BCUT2D eigenvalue weighted by atomic mass is 31.2. The number of esters is 4. The first-order valence-corrected chi connectivity index (χ1v) is 41.6. The number of aliphatic hydroxyl groups is 1. The molecule has 0 aromatic heterocycles. The smallest absolute Gasteiger partial charge is 0.462 e. The minimum atomic E-state index is -4.95. The molecule has 0 fully saturated rings. The monoisotopic (exact) mass is 1370 g/mol. The van der Waals surface area contributed by atoms with Gasteiger partial charge in [0.1, 0.15) is 19.3 Å². The highest BCUT2D eigenvalue weighted by molar-refractivity contribution is 7.47. The molecule has 3 N–H and O–H groups in total. The number of aliphatic hydroxyl groups excluding tert-OH is 1. The standard InChI is InChI=1S/C74H144O17P2/c1-6-9-12-15-17-19-21-23-24-25-26-27-28-29-30-31-37-41-45-50-55-60-74(79)91-70(64-85-72(77)58-53-48-43-39-36-33-32-34-38-42-47-51-56-67(4)5)66-89-93(82,83)87-62-68(75)61-86-92(80,81)88-65-69(63-84-71(76)57-52-46-14-11-8-3)90-73(78)59-54-49-44-40-35-22-20-18-16-13-10-7-2/h67-70,75H,6-66H2,1-5H3,(H,80,81)(H,82,83)/t68-,69+,70+/m0/s1. The Hall–Kier alpha value is -1.94. The molecule has 0 saturated heterocycles. The molecular weight excluding hydrogens is 1220 g/mol. The van der Waals surface area contributed by atoms with Crippen molar-refractivity contribution in [3.8, 4) is 0 Å². The topological polar surface area (TPSA) is 237 Å². The molecule has 0 amide bonds. The lowest BCUT2D eigenvalue weighted by atomic mass is 10.0. The van der Waals surface area contributed by atoms with Crippen LogP contribution in [0.15, 0.2) is 0 Å². The number of ether oxygens (including phenoxy) is 4. The van der Waals surface area contributed by atoms with Gasteiger partial charge in [0, 0.05) is 25.7 Å². The minimum absolute atomic E-state index is 0.107. The Kier molecular flexibility index (Phi) is 65.9. The maximum atomic E-state index is 13.1. The third-order valence-corrected chi connectivity index (χ3v) is 19.2. The highest BCUT2D eigenvalue weighted by Gasteiger charge is 2.30. The largest absolute Gasteiger partial charge is 0.472 e. The van der Waals surface area contributed by atoms with Crippen molar-refractivity contribution in [3.63, 3.8) is 0 Å². The molecule has 0 bridgehead atoms. The zero-order chi connectivity index (χ0) is 68.4. The molecule has 0 radical (unpaired) electrons. The summed E-state index contributed by atoms with van der Waals surface area (Å²) in [6.45, 7) is 7.20. The van der Waals surface area contributed by atoms with Gasteiger partial charge in [-0.3, -0.25) is 37.3 Å². The van der Waals surface area contributed by atoms with E-state index in [1.165, 1.54) is 205 Å². The van der Waals surface area contributed by atoms with Gasteiger partial charge in [0.25, 0.3) is 0 Å². The SMILES string of the molecule is CCCCCCCCCCCCCCCCCCCCCCCC(=O)O[C@H](COC(=O)CCCCCCCCCCCCCCC(C)C)COP(=O)(O)OC[C@@H](O)COP(=O)(O)OC[C@@H](COC(=O)CCCCCCC)OC(=O)CCCCCCCCCCCCCC. The first-order valence-electron chi connectivity index (χ1n) is 38.6. The van der Waals surface area contributed by atoms with E-state index in [4.69, 9.17) is 37.0 Å².